The number of fused-ring (bicyclic) bond motifs is 1. The minimum Gasteiger partial charge on any atom is -0.508 e. The molecule has 36 heteroatoms. The van der Waals surface area contributed by atoms with Gasteiger partial charge in [-0.3, -0.25) is 72.5 Å². The van der Waals surface area contributed by atoms with Crippen LogP contribution in [0, 0.1) is 23.2 Å². The van der Waals surface area contributed by atoms with Crippen LogP contribution in [0.25, 0.3) is 10.9 Å². The Morgan fingerprint density at radius 1 is 0.504 bits per heavy atom. The van der Waals surface area contributed by atoms with E-state index in [2.05, 4.69) is 74.1 Å². The summed E-state index contributed by atoms with van der Waals surface area (Å²) in [5.41, 5.74) is 14.1. The zero-order chi connectivity index (χ0) is 87.0. The van der Waals surface area contributed by atoms with Crippen molar-refractivity contribution in [2.75, 3.05) is 44.8 Å². The number of nitrogens with one attached hydrogen (secondary N) is 15. The van der Waals surface area contributed by atoms with Crippen LogP contribution in [0.4, 0.5) is 0 Å². The molecule has 1 fully saturated rings. The molecule has 640 valence electrons. The van der Waals surface area contributed by atoms with Gasteiger partial charge < -0.3 is 106 Å². The number of benzene rings is 5. The molecular weight excluding hydrogens is 1550 g/mol. The molecule has 22 N–H and O–H groups in total. The number of aliphatic hydroxyl groups is 1. The van der Waals surface area contributed by atoms with E-state index in [9.17, 15) is 68.1 Å². The average Bonchev–Trinajstić information content (AvgIpc) is 1.78. The van der Waals surface area contributed by atoms with Crippen LogP contribution in [0.15, 0.2) is 140 Å². The predicted octanol–water partition coefficient (Wildman–Crippen LogP) is -0.764. The number of rotatable bonds is 23. The number of hydrogen-bond donors (Lipinski definition) is 20. The standard InChI is InChI=1S/C83H110N18O17S/c1-46(2)33-59-75(111)99-66(73(109)89-41-68(84)105)44-119-45-70(107)92-61(35-49-17-10-8-11-18-49)76(112)95-62(36-51-24-28-54(103)29-25-51)77(113)94-60(34-47(3)4)79(115)100-71(48(5)6)81(117)93-58(23-16-32-87-83(85)86)74(110)98-65(43-102)72(108)90-42-69(106)91-63(39-53-40-88-57-22-15-14-21-56(53)57)78(114)97-64(37-52-26-30-55(104)31-27-52)82(118)101(7)67(80(116)96-59)38-50-19-12-9-13-20-50/h8-15,17-22,24-31,40,46-48,58-67,71,88,102-104H,16,23,32-39,41-45H2,1-7H3,(H2,84,105)(H,89,109)(H,90,108)(H,91,106)(H,92,107)(H,93,117)(H,94,113)(H,95,112)(H,96,116)(H,97,114)(H,98,110)(H,99,111)(H,100,115)(H4,85,86,87)/t58-,59-,60-,61-,62-,63-,64-,65-,66-,67-,71-/m0/s1. The number of guanidine groups is 1. The van der Waals surface area contributed by atoms with Gasteiger partial charge in [-0.05, 0) is 102 Å². The van der Waals surface area contributed by atoms with Crippen molar-refractivity contribution in [3.63, 3.8) is 0 Å². The SMILES string of the molecule is CC(C)C[C@@H]1NC(=O)[C@H](Cc2ccc(O)cc2)NC(=O)[C@H](Cc2ccccc2)NC(=O)CSC[C@@H](C(=O)NCC(N)=O)NC(=O)[C@H](CC(C)C)NC(=O)[C@H](Cc2ccccc2)N(C)C(=O)[C@H](Cc2ccc(O)cc2)NC(=O)[C@H](Cc2c[nH]c3ccccc23)NC(=O)CNC(=O)[C@H](CO)NC(=O)[C@H](CCCNC(=N)N)NC(=O)[C@H](C(C)C)NC1=O. The van der Waals surface area contributed by atoms with Gasteiger partial charge in [-0.15, -0.1) is 11.8 Å². The highest BCUT2D eigenvalue weighted by molar-refractivity contribution is 8.00. The summed E-state index contributed by atoms with van der Waals surface area (Å²) >= 11 is 0.826. The number of aromatic nitrogens is 1. The zero-order valence-corrected chi connectivity index (χ0v) is 68.4. The lowest BCUT2D eigenvalue weighted by Gasteiger charge is -2.33. The Kier molecular flexibility index (Phi) is 36.5. The molecule has 0 saturated carbocycles. The number of thioether (sulfide) groups is 1. The van der Waals surface area contributed by atoms with Gasteiger partial charge in [-0.25, -0.2) is 0 Å². The molecule has 0 unspecified atom stereocenters. The van der Waals surface area contributed by atoms with Crippen LogP contribution >= 0.6 is 11.8 Å². The molecule has 7 rings (SSSR count). The highest BCUT2D eigenvalue weighted by Crippen LogP contribution is 2.23. The van der Waals surface area contributed by atoms with Crippen LogP contribution in [-0.4, -0.2) is 225 Å². The van der Waals surface area contributed by atoms with Crippen molar-refractivity contribution in [1.82, 2.24) is 79.0 Å². The number of carbonyl (C=O) groups excluding carboxylic acids is 14. The number of carbonyl (C=O) groups is 14. The van der Waals surface area contributed by atoms with Gasteiger partial charge >= 0.3 is 0 Å². The number of hydrogen-bond acceptors (Lipinski definition) is 19. The third kappa shape index (κ3) is 30.4. The lowest BCUT2D eigenvalue weighted by atomic mass is 9.98. The number of nitrogens with zero attached hydrogens (tertiary/aromatic N) is 1. The number of phenolic OH excluding ortho intramolecular Hbond substituents is 2. The van der Waals surface area contributed by atoms with Gasteiger partial charge in [0.25, 0.3) is 0 Å². The van der Waals surface area contributed by atoms with Crippen molar-refractivity contribution >= 4 is 111 Å². The van der Waals surface area contributed by atoms with Gasteiger partial charge in [0, 0.05) is 68.5 Å². The van der Waals surface area contributed by atoms with Gasteiger partial charge in [-0.1, -0.05) is 145 Å². The second-order valence-electron chi connectivity index (χ2n) is 30.4. The molecule has 0 bridgehead atoms. The van der Waals surface area contributed by atoms with Gasteiger partial charge in [0.1, 0.15) is 78.0 Å². The first kappa shape index (κ1) is 93.6. The normalized spacial score (nSPS) is 22.2. The molecule has 1 saturated heterocycles. The number of primary amides is 1. The predicted molar refractivity (Wildman–Crippen MR) is 444 cm³/mol. The fraction of sp³-hybridized carbons (Fsp3) is 0.434. The maximum absolute atomic E-state index is 15.6. The van der Waals surface area contributed by atoms with Crippen LogP contribution in [0.5, 0.6) is 11.5 Å². The smallest absolute Gasteiger partial charge is 0.245 e. The summed E-state index contributed by atoms with van der Waals surface area (Å²) in [6.45, 7) is 7.60. The second-order valence-corrected chi connectivity index (χ2v) is 31.4. The molecule has 0 spiro atoms. The molecule has 1 aliphatic heterocycles. The molecule has 0 aliphatic carbocycles. The molecule has 5 aromatic carbocycles. The van der Waals surface area contributed by atoms with E-state index >= 15 is 14.4 Å². The molecule has 11 atom stereocenters. The van der Waals surface area contributed by atoms with Crippen molar-refractivity contribution in [3.8, 4) is 11.5 Å². The van der Waals surface area contributed by atoms with Gasteiger partial charge in [0.15, 0.2) is 5.96 Å². The topological polar surface area (TPSA) is 551 Å². The van der Waals surface area contributed by atoms with E-state index < -0.39 is 186 Å². The van der Waals surface area contributed by atoms with Crippen LogP contribution in [0.2, 0.25) is 0 Å². The first-order valence-electron chi connectivity index (χ1n) is 39.2. The lowest BCUT2D eigenvalue weighted by Crippen LogP contribution is -2.61. The van der Waals surface area contributed by atoms with E-state index in [1.165, 1.54) is 55.6 Å². The quantitative estimate of drug-likeness (QED) is 0.0213. The molecule has 0 radical (unpaired) electrons. The van der Waals surface area contributed by atoms with E-state index in [-0.39, 0.29) is 93.4 Å². The van der Waals surface area contributed by atoms with E-state index in [1.54, 1.807) is 133 Å². The number of aromatic amines is 1. The minimum absolute atomic E-state index is 0.0107. The average molecular weight is 1660 g/mol. The second kappa shape index (κ2) is 46.4. The zero-order valence-electron chi connectivity index (χ0n) is 67.5. The lowest BCUT2D eigenvalue weighted by molar-refractivity contribution is -0.143. The Morgan fingerprint density at radius 3 is 1.52 bits per heavy atom. The molecule has 35 nitrogen and oxygen atoms in total. The van der Waals surface area contributed by atoms with Crippen LogP contribution in [0.1, 0.15) is 95.0 Å². The number of amides is 14. The van der Waals surface area contributed by atoms with Gasteiger partial charge in [0.2, 0.25) is 82.7 Å². The fourth-order valence-electron chi connectivity index (χ4n) is 13.2. The van der Waals surface area contributed by atoms with E-state index in [0.29, 0.717) is 38.7 Å². The van der Waals surface area contributed by atoms with E-state index in [4.69, 9.17) is 16.9 Å². The Morgan fingerprint density at radius 2 is 0.966 bits per heavy atom. The maximum Gasteiger partial charge on any atom is 0.245 e. The van der Waals surface area contributed by atoms with Crippen molar-refractivity contribution in [3.05, 3.63) is 167 Å². The Balaban J connectivity index is 1.31. The summed E-state index contributed by atoms with van der Waals surface area (Å²) < 4.78 is 0. The number of likely N-dealkylation sites (N-methyl/N-ethyl adjacent to an activating group) is 1. The summed E-state index contributed by atoms with van der Waals surface area (Å²) in [4.78, 5) is 208. The maximum atomic E-state index is 15.6. The Labute approximate surface area is 693 Å². The highest BCUT2D eigenvalue weighted by atomic mass is 32.2. The van der Waals surface area contributed by atoms with Crippen LogP contribution in [0.3, 0.4) is 0 Å². The summed E-state index contributed by atoms with van der Waals surface area (Å²) in [5.74, 6) is -15.8. The van der Waals surface area contributed by atoms with Gasteiger partial charge in [0.05, 0.1) is 25.4 Å². The number of nitrogens with two attached hydrogens (primary N) is 2. The van der Waals surface area contributed by atoms with Crippen molar-refractivity contribution < 1.29 is 82.4 Å². The Hall–Kier alpha value is -12.6. The molecule has 2 heterocycles. The number of aliphatic hydroxyl groups excluding tert-OH is 1. The number of H-pyrrole nitrogens is 1. The third-order valence-electron chi connectivity index (χ3n) is 19.4. The van der Waals surface area contributed by atoms with Crippen molar-refractivity contribution in [2.45, 2.75) is 166 Å². The monoisotopic (exact) mass is 1660 g/mol. The first-order chi connectivity index (χ1) is 56.6. The van der Waals surface area contributed by atoms with Crippen LogP contribution < -0.4 is 80.6 Å². The first-order valence-corrected chi connectivity index (χ1v) is 40.4. The number of aromatic hydroxyl groups is 2. The molecular formula is C83H110N18O17S. The third-order valence-corrected chi connectivity index (χ3v) is 20.5. The fourth-order valence-corrected chi connectivity index (χ4v) is 14.0. The molecule has 1 aromatic heterocycles. The molecule has 14 amide bonds. The number of phenols is 2. The van der Waals surface area contributed by atoms with E-state index in [0.717, 1.165) is 16.7 Å². The highest BCUT2D eigenvalue weighted by Gasteiger charge is 2.40. The summed E-state index contributed by atoms with van der Waals surface area (Å²) in [6.07, 6.45) is 0.241. The Bertz CT molecular complexity index is 4500. The van der Waals surface area contributed by atoms with Gasteiger partial charge in [-0.2, -0.15) is 0 Å². The minimum atomic E-state index is -1.81. The summed E-state index contributed by atoms with van der Waals surface area (Å²) in [6, 6.07) is 18.7. The number of para-hydroxylation sites is 1. The summed E-state index contributed by atoms with van der Waals surface area (Å²) in [5, 5.41) is 73.9. The van der Waals surface area contributed by atoms with Crippen molar-refractivity contribution in [2.24, 2.45) is 29.2 Å². The molecule has 119 heavy (non-hydrogen) atoms. The van der Waals surface area contributed by atoms with Crippen molar-refractivity contribution in [1.29, 1.82) is 5.41 Å². The largest absolute Gasteiger partial charge is 0.508 e. The molecule has 1 aliphatic rings. The summed E-state index contributed by atoms with van der Waals surface area (Å²) in [7, 11) is 1.31. The van der Waals surface area contributed by atoms with E-state index in [1.807, 2.05) is 0 Å². The van der Waals surface area contributed by atoms with Crippen LogP contribution in [-0.2, 0) is 99.2 Å². The molecule has 6 aromatic rings.